The van der Waals surface area contributed by atoms with E-state index >= 15 is 0 Å². The van der Waals surface area contributed by atoms with Gasteiger partial charge in [0, 0.05) is 26.1 Å². The summed E-state index contributed by atoms with van der Waals surface area (Å²) >= 11 is 0. The number of nitrogens with one attached hydrogen (secondary N) is 1. The summed E-state index contributed by atoms with van der Waals surface area (Å²) in [7, 11) is 1.66. The lowest BCUT2D eigenvalue weighted by Gasteiger charge is -2.13. The summed E-state index contributed by atoms with van der Waals surface area (Å²) in [5.41, 5.74) is 5.76. The van der Waals surface area contributed by atoms with Gasteiger partial charge in [0.15, 0.2) is 5.96 Å². The number of rotatable bonds is 7. The van der Waals surface area contributed by atoms with Gasteiger partial charge in [-0.15, -0.1) is 34.2 Å². The van der Waals surface area contributed by atoms with Crippen LogP contribution in [0.2, 0.25) is 0 Å². The number of nitrogens with two attached hydrogens (primary N) is 1. The number of methoxy groups -OCH3 is 1. The molecule has 0 spiro atoms. The molecule has 1 rings (SSSR count). The molecule has 0 bridgehead atoms. The van der Waals surface area contributed by atoms with Crippen molar-refractivity contribution in [2.75, 3.05) is 20.3 Å². The van der Waals surface area contributed by atoms with Crippen LogP contribution in [0.5, 0.6) is 0 Å². The number of hydrogen-bond donors (Lipinski definition) is 2. The second kappa shape index (κ2) is 9.96. The smallest absolute Gasteiger partial charge is 0.188 e. The molecule has 1 unspecified atom stereocenters. The van der Waals surface area contributed by atoms with Crippen LogP contribution < -0.4 is 11.1 Å². The number of guanidine groups is 1. The minimum atomic E-state index is 0. The molecule has 1 heterocycles. The topological polar surface area (TPSA) is 90.4 Å². The third-order valence-corrected chi connectivity index (χ3v) is 2.45. The molecule has 19 heavy (non-hydrogen) atoms. The molecule has 0 aromatic carbocycles. The standard InChI is InChI=1S/C11H22N6O.HI/c1-4-10-16-14-8-17(10)6-5-13-11(12)15-9(2)7-18-3;/h8-9H,4-7H2,1-3H3,(H3,12,13,15);1H. The van der Waals surface area contributed by atoms with Crippen LogP contribution >= 0.6 is 24.0 Å². The Hall–Kier alpha value is -0.900. The fraction of sp³-hybridized carbons (Fsp3) is 0.727. The van der Waals surface area contributed by atoms with Gasteiger partial charge in [-0.05, 0) is 6.92 Å². The molecule has 1 atom stereocenters. The zero-order valence-corrected chi connectivity index (χ0v) is 14.0. The number of nitrogens with zero attached hydrogens (tertiary/aromatic N) is 4. The number of aryl methyl sites for hydroxylation is 1. The van der Waals surface area contributed by atoms with Gasteiger partial charge in [0.25, 0.3) is 0 Å². The molecule has 1 aromatic rings. The van der Waals surface area contributed by atoms with Gasteiger partial charge in [-0.25, -0.2) is 0 Å². The van der Waals surface area contributed by atoms with Crippen molar-refractivity contribution in [3.63, 3.8) is 0 Å². The highest BCUT2D eigenvalue weighted by Gasteiger charge is 2.02. The van der Waals surface area contributed by atoms with Crippen molar-refractivity contribution in [3.05, 3.63) is 12.2 Å². The normalized spacial score (nSPS) is 12.9. The summed E-state index contributed by atoms with van der Waals surface area (Å²) in [4.78, 5) is 4.25. The van der Waals surface area contributed by atoms with Crippen LogP contribution in [0.1, 0.15) is 19.7 Å². The molecular weight excluding hydrogens is 359 g/mol. The largest absolute Gasteiger partial charge is 0.383 e. The predicted molar refractivity (Wildman–Crippen MR) is 85.8 cm³/mol. The third kappa shape index (κ3) is 6.71. The first kappa shape index (κ1) is 18.1. The zero-order valence-electron chi connectivity index (χ0n) is 11.7. The van der Waals surface area contributed by atoms with Crippen LogP contribution in [-0.4, -0.2) is 47.0 Å². The number of halogens is 1. The molecule has 7 nitrogen and oxygen atoms in total. The Morgan fingerprint density at radius 3 is 3.00 bits per heavy atom. The van der Waals surface area contributed by atoms with E-state index in [-0.39, 0.29) is 30.0 Å². The second-order valence-electron chi connectivity index (χ2n) is 4.06. The monoisotopic (exact) mass is 382 g/mol. The molecule has 8 heteroatoms. The minimum absolute atomic E-state index is 0. The van der Waals surface area contributed by atoms with Crippen molar-refractivity contribution >= 4 is 29.9 Å². The van der Waals surface area contributed by atoms with Crippen LogP contribution in [0.4, 0.5) is 0 Å². The Morgan fingerprint density at radius 1 is 1.63 bits per heavy atom. The van der Waals surface area contributed by atoms with Crippen molar-refractivity contribution in [3.8, 4) is 0 Å². The first-order valence-corrected chi connectivity index (χ1v) is 6.09. The molecule has 0 fully saturated rings. The fourth-order valence-electron chi connectivity index (χ4n) is 1.61. The number of hydrogen-bond acceptors (Lipinski definition) is 4. The summed E-state index contributed by atoms with van der Waals surface area (Å²) in [5, 5.41) is 10.9. The van der Waals surface area contributed by atoms with Crippen molar-refractivity contribution < 1.29 is 4.74 Å². The van der Waals surface area contributed by atoms with Gasteiger partial charge in [0.05, 0.1) is 13.2 Å². The van der Waals surface area contributed by atoms with Crippen LogP contribution in [-0.2, 0) is 17.7 Å². The maximum atomic E-state index is 5.76. The summed E-state index contributed by atoms with van der Waals surface area (Å²) in [6.07, 6.45) is 2.58. The van der Waals surface area contributed by atoms with Gasteiger partial charge in [-0.3, -0.25) is 4.99 Å². The average molecular weight is 382 g/mol. The Labute approximate surface area is 131 Å². The van der Waals surface area contributed by atoms with Crippen molar-refractivity contribution in [2.45, 2.75) is 32.9 Å². The first-order valence-electron chi connectivity index (χ1n) is 6.09. The van der Waals surface area contributed by atoms with Gasteiger partial charge >= 0.3 is 0 Å². The number of ether oxygens (including phenoxy) is 1. The first-order chi connectivity index (χ1) is 8.67. The van der Waals surface area contributed by atoms with E-state index in [2.05, 4.69) is 20.5 Å². The van der Waals surface area contributed by atoms with Gasteiger partial charge in [-0.2, -0.15) is 0 Å². The van der Waals surface area contributed by atoms with Crippen molar-refractivity contribution in [1.82, 2.24) is 20.1 Å². The van der Waals surface area contributed by atoms with Crippen LogP contribution in [0, 0.1) is 0 Å². The Kier molecular flexibility index (Phi) is 9.48. The maximum absolute atomic E-state index is 5.76. The van der Waals surface area contributed by atoms with Crippen LogP contribution in [0.3, 0.4) is 0 Å². The average Bonchev–Trinajstić information content (AvgIpc) is 2.76. The lowest BCUT2D eigenvalue weighted by molar-refractivity contribution is 0.179. The Balaban J connectivity index is 0.00000324. The van der Waals surface area contributed by atoms with E-state index in [4.69, 9.17) is 10.5 Å². The molecule has 0 aliphatic carbocycles. The van der Waals surface area contributed by atoms with Gasteiger partial charge in [0.2, 0.25) is 0 Å². The molecule has 0 saturated heterocycles. The van der Waals surface area contributed by atoms with Crippen molar-refractivity contribution in [2.24, 2.45) is 10.7 Å². The number of aromatic nitrogens is 3. The maximum Gasteiger partial charge on any atom is 0.188 e. The van der Waals surface area contributed by atoms with Crippen LogP contribution in [0.25, 0.3) is 0 Å². The fourth-order valence-corrected chi connectivity index (χ4v) is 1.61. The molecule has 0 radical (unpaired) electrons. The summed E-state index contributed by atoms with van der Waals surface area (Å²) in [6, 6.07) is 0.153. The molecule has 0 saturated carbocycles. The lowest BCUT2D eigenvalue weighted by atomic mass is 10.4. The van der Waals surface area contributed by atoms with E-state index in [1.165, 1.54) is 0 Å². The molecule has 1 aromatic heterocycles. The molecule has 0 aliphatic rings. The highest BCUT2D eigenvalue weighted by Crippen LogP contribution is 1.95. The molecule has 0 aliphatic heterocycles. The predicted octanol–water partition coefficient (Wildman–Crippen LogP) is 0.398. The summed E-state index contributed by atoms with van der Waals surface area (Å²) < 4.78 is 6.99. The zero-order chi connectivity index (χ0) is 13.4. The highest BCUT2D eigenvalue weighted by atomic mass is 127. The van der Waals surface area contributed by atoms with E-state index in [0.29, 0.717) is 19.1 Å². The van der Waals surface area contributed by atoms with Gasteiger partial charge < -0.3 is 20.4 Å². The lowest BCUT2D eigenvalue weighted by Crippen LogP contribution is -2.40. The van der Waals surface area contributed by atoms with Crippen LogP contribution in [0.15, 0.2) is 11.3 Å². The SMILES string of the molecule is CCc1nncn1CCN=C(N)NC(C)COC.I. The molecule has 0 amide bonds. The Morgan fingerprint density at radius 2 is 2.37 bits per heavy atom. The number of aliphatic imine (C=N–C) groups is 1. The summed E-state index contributed by atoms with van der Waals surface area (Å²) in [6.45, 7) is 5.97. The minimum Gasteiger partial charge on any atom is -0.383 e. The second-order valence-corrected chi connectivity index (χ2v) is 4.06. The van der Waals surface area contributed by atoms with E-state index in [1.54, 1.807) is 13.4 Å². The van der Waals surface area contributed by atoms with E-state index in [9.17, 15) is 0 Å². The Bertz CT molecular complexity index is 381. The molecular formula is C11H23IN6O. The molecule has 3 N–H and O–H groups in total. The third-order valence-electron chi connectivity index (χ3n) is 2.45. The van der Waals surface area contributed by atoms with E-state index in [0.717, 1.165) is 18.8 Å². The summed E-state index contributed by atoms with van der Waals surface area (Å²) in [5.74, 6) is 1.40. The van der Waals surface area contributed by atoms with Gasteiger partial charge in [-0.1, -0.05) is 6.92 Å². The van der Waals surface area contributed by atoms with Gasteiger partial charge in [0.1, 0.15) is 12.2 Å². The quantitative estimate of drug-likeness (QED) is 0.405. The van der Waals surface area contributed by atoms with E-state index < -0.39 is 0 Å². The van der Waals surface area contributed by atoms with E-state index in [1.807, 2.05) is 18.4 Å². The highest BCUT2D eigenvalue weighted by molar-refractivity contribution is 14.0. The molecule has 110 valence electrons. The van der Waals surface area contributed by atoms with Crippen molar-refractivity contribution in [1.29, 1.82) is 0 Å².